The van der Waals surface area contributed by atoms with Crippen molar-refractivity contribution in [1.82, 2.24) is 10.3 Å². The molecular weight excluding hydrogens is 195 g/mol. The zero-order valence-corrected chi connectivity index (χ0v) is 8.45. The van der Waals surface area contributed by atoms with Crippen LogP contribution in [0.15, 0.2) is 12.4 Å². The normalized spacial score (nSPS) is 13.0. The molecule has 12 heavy (non-hydrogen) atoms. The molecule has 1 aromatic rings. The van der Waals surface area contributed by atoms with E-state index in [4.69, 9.17) is 23.2 Å². The van der Waals surface area contributed by atoms with Crippen molar-refractivity contribution in [3.63, 3.8) is 0 Å². The third kappa shape index (κ3) is 1.89. The molecule has 0 aromatic carbocycles. The first-order valence-corrected chi connectivity index (χ1v) is 4.38. The first kappa shape index (κ1) is 9.78. The first-order valence-electron chi connectivity index (χ1n) is 3.63. The SMILES string of the molecule is CNC(C)c1c(Cl)cncc1Cl. The van der Waals surface area contributed by atoms with E-state index in [2.05, 4.69) is 10.3 Å². The smallest absolute Gasteiger partial charge is 0.0651 e. The number of nitrogens with zero attached hydrogens (tertiary/aromatic N) is 1. The Morgan fingerprint density at radius 3 is 2.25 bits per heavy atom. The maximum Gasteiger partial charge on any atom is 0.0651 e. The molecule has 0 saturated carbocycles. The molecule has 0 amide bonds. The van der Waals surface area contributed by atoms with Crippen molar-refractivity contribution in [1.29, 1.82) is 0 Å². The van der Waals surface area contributed by atoms with E-state index in [1.165, 1.54) is 0 Å². The van der Waals surface area contributed by atoms with Gasteiger partial charge >= 0.3 is 0 Å². The van der Waals surface area contributed by atoms with Gasteiger partial charge in [0.1, 0.15) is 0 Å². The molecule has 0 aliphatic carbocycles. The minimum absolute atomic E-state index is 0.146. The largest absolute Gasteiger partial charge is 0.313 e. The Kier molecular flexibility index (Phi) is 3.32. The first-order chi connectivity index (χ1) is 5.66. The second-order valence-electron chi connectivity index (χ2n) is 2.53. The van der Waals surface area contributed by atoms with Gasteiger partial charge in [-0.2, -0.15) is 0 Å². The Balaban J connectivity index is 3.12. The Hall–Kier alpha value is -0.310. The van der Waals surface area contributed by atoms with Gasteiger partial charge in [0.25, 0.3) is 0 Å². The van der Waals surface area contributed by atoms with Crippen molar-refractivity contribution in [2.24, 2.45) is 0 Å². The van der Waals surface area contributed by atoms with Gasteiger partial charge in [-0.15, -0.1) is 0 Å². The van der Waals surface area contributed by atoms with E-state index < -0.39 is 0 Å². The van der Waals surface area contributed by atoms with Crippen molar-refractivity contribution in [3.8, 4) is 0 Å². The van der Waals surface area contributed by atoms with E-state index in [1.807, 2.05) is 14.0 Å². The van der Waals surface area contributed by atoms with E-state index >= 15 is 0 Å². The maximum atomic E-state index is 5.92. The minimum Gasteiger partial charge on any atom is -0.313 e. The molecule has 1 rings (SSSR count). The van der Waals surface area contributed by atoms with Gasteiger partial charge in [0.2, 0.25) is 0 Å². The van der Waals surface area contributed by atoms with Gasteiger partial charge in [-0.05, 0) is 14.0 Å². The average Bonchev–Trinajstić information content (AvgIpc) is 2.03. The highest BCUT2D eigenvalue weighted by molar-refractivity contribution is 6.35. The van der Waals surface area contributed by atoms with Crippen LogP contribution in [0.1, 0.15) is 18.5 Å². The van der Waals surface area contributed by atoms with Gasteiger partial charge in [0, 0.05) is 24.0 Å². The van der Waals surface area contributed by atoms with Crippen LogP contribution in [0.4, 0.5) is 0 Å². The number of halogens is 2. The topological polar surface area (TPSA) is 24.9 Å². The van der Waals surface area contributed by atoms with Crippen LogP contribution in [0.5, 0.6) is 0 Å². The summed E-state index contributed by atoms with van der Waals surface area (Å²) in [6, 6.07) is 0.146. The average molecular weight is 205 g/mol. The maximum absolute atomic E-state index is 5.92. The summed E-state index contributed by atoms with van der Waals surface area (Å²) in [5.74, 6) is 0. The molecule has 1 aromatic heterocycles. The molecule has 0 saturated heterocycles. The monoisotopic (exact) mass is 204 g/mol. The van der Waals surface area contributed by atoms with Crippen molar-refractivity contribution in [3.05, 3.63) is 28.0 Å². The van der Waals surface area contributed by atoms with Crippen LogP contribution in [-0.2, 0) is 0 Å². The van der Waals surface area contributed by atoms with Crippen molar-refractivity contribution >= 4 is 23.2 Å². The van der Waals surface area contributed by atoms with Crippen LogP contribution in [0, 0.1) is 0 Å². The van der Waals surface area contributed by atoms with E-state index in [0.717, 1.165) is 5.56 Å². The van der Waals surface area contributed by atoms with Crippen molar-refractivity contribution in [2.45, 2.75) is 13.0 Å². The number of hydrogen-bond donors (Lipinski definition) is 1. The zero-order chi connectivity index (χ0) is 9.14. The third-order valence-corrected chi connectivity index (χ3v) is 2.36. The Labute approximate surface area is 81.9 Å². The summed E-state index contributed by atoms with van der Waals surface area (Å²) in [6.45, 7) is 1.99. The summed E-state index contributed by atoms with van der Waals surface area (Å²) in [4.78, 5) is 3.87. The van der Waals surface area contributed by atoms with E-state index in [9.17, 15) is 0 Å². The molecular formula is C8H10Cl2N2. The van der Waals surface area contributed by atoms with E-state index in [0.29, 0.717) is 10.0 Å². The lowest BCUT2D eigenvalue weighted by Gasteiger charge is -2.13. The number of pyridine rings is 1. The van der Waals surface area contributed by atoms with Gasteiger partial charge in [0.15, 0.2) is 0 Å². The fraction of sp³-hybridized carbons (Fsp3) is 0.375. The molecule has 1 heterocycles. The highest BCUT2D eigenvalue weighted by Gasteiger charge is 2.11. The summed E-state index contributed by atoms with van der Waals surface area (Å²) in [5, 5.41) is 4.27. The molecule has 1 unspecified atom stereocenters. The fourth-order valence-corrected chi connectivity index (χ4v) is 1.67. The molecule has 0 aliphatic heterocycles. The molecule has 0 fully saturated rings. The standard InChI is InChI=1S/C8H10Cl2N2/c1-5(11-2)8-6(9)3-12-4-7(8)10/h3-5,11H,1-2H3. The number of rotatable bonds is 2. The van der Waals surface area contributed by atoms with Gasteiger partial charge in [0.05, 0.1) is 10.0 Å². The molecule has 0 spiro atoms. The van der Waals surface area contributed by atoms with Crippen molar-refractivity contribution < 1.29 is 0 Å². The van der Waals surface area contributed by atoms with Gasteiger partial charge in [-0.1, -0.05) is 23.2 Å². The summed E-state index contributed by atoms with van der Waals surface area (Å²) >= 11 is 11.8. The zero-order valence-electron chi connectivity index (χ0n) is 6.94. The predicted molar refractivity (Wildman–Crippen MR) is 51.7 cm³/mol. The highest BCUT2D eigenvalue weighted by Crippen LogP contribution is 2.28. The molecule has 2 nitrogen and oxygen atoms in total. The van der Waals surface area contributed by atoms with Crippen LogP contribution >= 0.6 is 23.2 Å². The minimum atomic E-state index is 0.146. The van der Waals surface area contributed by atoms with E-state index in [1.54, 1.807) is 12.4 Å². The molecule has 4 heteroatoms. The highest BCUT2D eigenvalue weighted by atomic mass is 35.5. The Morgan fingerprint density at radius 1 is 1.33 bits per heavy atom. The molecule has 1 atom stereocenters. The number of hydrogen-bond acceptors (Lipinski definition) is 2. The fourth-order valence-electron chi connectivity index (χ4n) is 0.979. The summed E-state index contributed by atoms with van der Waals surface area (Å²) < 4.78 is 0. The number of nitrogens with one attached hydrogen (secondary N) is 1. The summed E-state index contributed by atoms with van der Waals surface area (Å²) in [6.07, 6.45) is 3.19. The lowest BCUT2D eigenvalue weighted by Crippen LogP contribution is -2.13. The lowest BCUT2D eigenvalue weighted by atomic mass is 10.1. The third-order valence-electron chi connectivity index (χ3n) is 1.76. The summed E-state index contributed by atoms with van der Waals surface area (Å²) in [7, 11) is 1.86. The van der Waals surface area contributed by atoms with Gasteiger partial charge < -0.3 is 5.32 Å². The van der Waals surface area contributed by atoms with E-state index in [-0.39, 0.29) is 6.04 Å². The quantitative estimate of drug-likeness (QED) is 0.802. The molecule has 0 radical (unpaired) electrons. The van der Waals surface area contributed by atoms with Crippen LogP contribution in [0.25, 0.3) is 0 Å². The lowest BCUT2D eigenvalue weighted by molar-refractivity contribution is 0.652. The van der Waals surface area contributed by atoms with Gasteiger partial charge in [-0.25, -0.2) is 0 Å². The molecule has 0 bridgehead atoms. The Bertz CT molecular complexity index is 256. The molecule has 0 aliphatic rings. The second-order valence-corrected chi connectivity index (χ2v) is 3.34. The van der Waals surface area contributed by atoms with Crippen LogP contribution in [-0.4, -0.2) is 12.0 Å². The van der Waals surface area contributed by atoms with Gasteiger partial charge in [-0.3, -0.25) is 4.98 Å². The molecule has 1 N–H and O–H groups in total. The van der Waals surface area contributed by atoms with Crippen LogP contribution < -0.4 is 5.32 Å². The van der Waals surface area contributed by atoms with Crippen LogP contribution in [0.3, 0.4) is 0 Å². The van der Waals surface area contributed by atoms with Crippen LogP contribution in [0.2, 0.25) is 10.0 Å². The summed E-state index contributed by atoms with van der Waals surface area (Å²) in [5.41, 5.74) is 0.899. The predicted octanol–water partition coefficient (Wildman–Crippen LogP) is 2.67. The molecule has 66 valence electrons. The second kappa shape index (κ2) is 4.08. The Morgan fingerprint density at radius 2 is 1.83 bits per heavy atom. The number of aromatic nitrogens is 1. The van der Waals surface area contributed by atoms with Crippen molar-refractivity contribution in [2.75, 3.05) is 7.05 Å².